The Morgan fingerprint density at radius 3 is 2.57 bits per heavy atom. The van der Waals surface area contributed by atoms with E-state index in [1.165, 1.54) is 0 Å². The van der Waals surface area contributed by atoms with Crippen LogP contribution in [-0.2, 0) is 41.7 Å². The minimum atomic E-state index is 0.0617. The number of benzene rings is 2. The molecule has 190 valence electrons. The minimum Gasteiger partial charge on any atom is -0.343 e. The van der Waals surface area contributed by atoms with Gasteiger partial charge in [0.1, 0.15) is 11.6 Å². The maximum atomic E-state index is 12.9. The van der Waals surface area contributed by atoms with E-state index in [0.717, 1.165) is 72.5 Å². The van der Waals surface area contributed by atoms with Crippen LogP contribution < -0.4 is 0 Å². The van der Waals surface area contributed by atoms with Crippen molar-refractivity contribution in [3.63, 3.8) is 0 Å². The lowest BCUT2D eigenvalue weighted by molar-refractivity contribution is -0.130. The molecule has 0 bridgehead atoms. The zero-order valence-corrected chi connectivity index (χ0v) is 21.4. The molecule has 6 nitrogen and oxygen atoms in total. The first-order valence-electron chi connectivity index (χ1n) is 13.2. The van der Waals surface area contributed by atoms with E-state index in [2.05, 4.69) is 11.1 Å². The standard InChI is InChI=1S/C31H33N3O3/c1-21(35)34-13-10-22(11-14-34)5-8-28-9-12-32-31(33-28)17-24-4-2-3-23(15-24)16-30(37)26-7-6-25-19-29(36)20-27(25)18-26/h2-4,6-7,9,12,15,18,22H,5,8,10-11,13-14,16-17,19-20H2,1H3. The fraction of sp³-hybridized carbons (Fsp3) is 0.387. The van der Waals surface area contributed by atoms with Gasteiger partial charge in [-0.05, 0) is 66.0 Å². The van der Waals surface area contributed by atoms with Crippen LogP contribution in [0.15, 0.2) is 54.7 Å². The van der Waals surface area contributed by atoms with Crippen LogP contribution >= 0.6 is 0 Å². The number of ketones is 2. The molecule has 1 fully saturated rings. The normalized spacial score (nSPS) is 15.6. The third-order valence-electron chi connectivity index (χ3n) is 7.65. The molecule has 3 aromatic rings. The van der Waals surface area contributed by atoms with Gasteiger partial charge in [-0.15, -0.1) is 0 Å². The number of hydrogen-bond donors (Lipinski definition) is 0. The number of fused-ring (bicyclic) bond motifs is 1. The average molecular weight is 496 g/mol. The van der Waals surface area contributed by atoms with Crippen LogP contribution in [0.3, 0.4) is 0 Å². The van der Waals surface area contributed by atoms with Crippen LogP contribution in [0.25, 0.3) is 0 Å². The average Bonchev–Trinajstić information content (AvgIpc) is 3.27. The number of hydrogen-bond acceptors (Lipinski definition) is 5. The van der Waals surface area contributed by atoms with Crippen molar-refractivity contribution in [2.75, 3.05) is 13.1 Å². The molecule has 1 aromatic heterocycles. The van der Waals surface area contributed by atoms with E-state index in [1.807, 2.05) is 53.6 Å². The number of aromatic nitrogens is 2. The Morgan fingerprint density at radius 1 is 0.973 bits per heavy atom. The Kier molecular flexibility index (Phi) is 7.54. The number of Topliss-reactive ketones (excluding diaryl/α,β-unsaturated/α-hetero) is 2. The molecule has 0 atom stereocenters. The molecule has 0 saturated carbocycles. The third-order valence-corrected chi connectivity index (χ3v) is 7.65. The van der Waals surface area contributed by atoms with Crippen molar-refractivity contribution in [1.82, 2.24) is 14.9 Å². The summed E-state index contributed by atoms with van der Waals surface area (Å²) in [6.07, 6.45) is 7.82. The highest BCUT2D eigenvalue weighted by Crippen LogP contribution is 2.23. The zero-order chi connectivity index (χ0) is 25.8. The second kappa shape index (κ2) is 11.2. The molecule has 2 aromatic carbocycles. The molecule has 0 N–H and O–H groups in total. The summed E-state index contributed by atoms with van der Waals surface area (Å²) in [4.78, 5) is 47.4. The SMILES string of the molecule is CC(=O)N1CCC(CCc2ccnc(Cc3cccc(CC(=O)c4ccc5c(c4)CC(=O)C5)c3)n2)CC1. The molecule has 2 heterocycles. The zero-order valence-electron chi connectivity index (χ0n) is 21.4. The van der Waals surface area contributed by atoms with Gasteiger partial charge in [-0.2, -0.15) is 0 Å². The summed E-state index contributed by atoms with van der Waals surface area (Å²) >= 11 is 0. The molecular formula is C31H33N3O3. The molecular weight excluding hydrogens is 462 g/mol. The lowest BCUT2D eigenvalue weighted by Crippen LogP contribution is -2.37. The van der Waals surface area contributed by atoms with E-state index in [9.17, 15) is 14.4 Å². The summed E-state index contributed by atoms with van der Waals surface area (Å²) < 4.78 is 0. The smallest absolute Gasteiger partial charge is 0.219 e. The molecule has 0 unspecified atom stereocenters. The number of amides is 1. The molecule has 2 aliphatic rings. The van der Waals surface area contributed by atoms with Gasteiger partial charge in [0.25, 0.3) is 0 Å². The number of carbonyl (C=O) groups is 3. The van der Waals surface area contributed by atoms with E-state index < -0.39 is 0 Å². The fourth-order valence-corrected chi connectivity index (χ4v) is 5.50. The number of piperidine rings is 1. The predicted octanol–water partition coefficient (Wildman–Crippen LogP) is 4.35. The van der Waals surface area contributed by atoms with Crippen LogP contribution in [0.1, 0.15) is 70.3 Å². The topological polar surface area (TPSA) is 80.2 Å². The Labute approximate surface area is 218 Å². The summed E-state index contributed by atoms with van der Waals surface area (Å²) in [5.41, 5.74) is 5.81. The summed E-state index contributed by atoms with van der Waals surface area (Å²) in [6, 6.07) is 15.7. The van der Waals surface area contributed by atoms with Gasteiger partial charge >= 0.3 is 0 Å². The molecule has 0 radical (unpaired) electrons. The van der Waals surface area contributed by atoms with Crippen molar-refractivity contribution in [2.24, 2.45) is 5.92 Å². The Bertz CT molecular complexity index is 1320. The van der Waals surface area contributed by atoms with Gasteiger partial charge in [-0.1, -0.05) is 36.4 Å². The molecule has 1 aliphatic heterocycles. The number of likely N-dealkylation sites (tertiary alicyclic amines) is 1. The molecule has 37 heavy (non-hydrogen) atoms. The van der Waals surface area contributed by atoms with E-state index in [1.54, 1.807) is 6.92 Å². The summed E-state index contributed by atoms with van der Waals surface area (Å²) in [5, 5.41) is 0. The van der Waals surface area contributed by atoms with E-state index in [-0.39, 0.29) is 17.5 Å². The quantitative estimate of drug-likeness (QED) is 0.434. The van der Waals surface area contributed by atoms with Crippen LogP contribution in [0, 0.1) is 5.92 Å². The first kappa shape index (κ1) is 25.0. The van der Waals surface area contributed by atoms with Gasteiger partial charge in [-0.3, -0.25) is 14.4 Å². The van der Waals surface area contributed by atoms with Gasteiger partial charge in [-0.25, -0.2) is 9.97 Å². The highest BCUT2D eigenvalue weighted by Gasteiger charge is 2.21. The second-order valence-electron chi connectivity index (χ2n) is 10.4. The summed E-state index contributed by atoms with van der Waals surface area (Å²) in [7, 11) is 0. The van der Waals surface area contributed by atoms with Crippen molar-refractivity contribution in [2.45, 2.75) is 58.3 Å². The Morgan fingerprint density at radius 2 is 1.76 bits per heavy atom. The summed E-state index contributed by atoms with van der Waals surface area (Å²) in [6.45, 7) is 3.37. The first-order valence-corrected chi connectivity index (χ1v) is 13.2. The second-order valence-corrected chi connectivity index (χ2v) is 10.4. The molecule has 6 heteroatoms. The van der Waals surface area contributed by atoms with Crippen LogP contribution in [0.2, 0.25) is 0 Å². The van der Waals surface area contributed by atoms with Crippen LogP contribution in [0.5, 0.6) is 0 Å². The third kappa shape index (κ3) is 6.37. The number of carbonyl (C=O) groups excluding carboxylic acids is 3. The van der Waals surface area contributed by atoms with Gasteiger partial charge in [0.15, 0.2) is 5.78 Å². The van der Waals surface area contributed by atoms with Crippen molar-refractivity contribution in [3.8, 4) is 0 Å². The van der Waals surface area contributed by atoms with Crippen LogP contribution in [-0.4, -0.2) is 45.4 Å². The van der Waals surface area contributed by atoms with Crippen LogP contribution in [0.4, 0.5) is 0 Å². The minimum absolute atomic E-state index is 0.0617. The number of rotatable bonds is 8. The van der Waals surface area contributed by atoms with Gasteiger partial charge in [0.2, 0.25) is 5.91 Å². The molecule has 1 amide bonds. The lowest BCUT2D eigenvalue weighted by atomic mass is 9.91. The first-order chi connectivity index (χ1) is 17.9. The van der Waals surface area contributed by atoms with Crippen molar-refractivity contribution < 1.29 is 14.4 Å². The van der Waals surface area contributed by atoms with Crippen molar-refractivity contribution >= 4 is 17.5 Å². The Hall–Kier alpha value is -3.67. The molecule has 0 spiro atoms. The maximum absolute atomic E-state index is 12.9. The predicted molar refractivity (Wildman–Crippen MR) is 141 cm³/mol. The van der Waals surface area contributed by atoms with Gasteiger partial charge in [0, 0.05) is 63.2 Å². The highest BCUT2D eigenvalue weighted by atomic mass is 16.2. The maximum Gasteiger partial charge on any atom is 0.219 e. The molecule has 1 aliphatic carbocycles. The largest absolute Gasteiger partial charge is 0.343 e. The Balaban J connectivity index is 1.17. The van der Waals surface area contributed by atoms with Crippen molar-refractivity contribution in [3.05, 3.63) is 94.1 Å². The highest BCUT2D eigenvalue weighted by molar-refractivity contribution is 5.98. The molecule has 1 saturated heterocycles. The summed E-state index contributed by atoms with van der Waals surface area (Å²) in [5.74, 6) is 1.87. The lowest BCUT2D eigenvalue weighted by Gasteiger charge is -2.31. The monoisotopic (exact) mass is 495 g/mol. The van der Waals surface area contributed by atoms with E-state index >= 15 is 0 Å². The molecule has 5 rings (SSSR count). The van der Waals surface area contributed by atoms with Gasteiger partial charge in [0.05, 0.1) is 0 Å². The van der Waals surface area contributed by atoms with Crippen molar-refractivity contribution in [1.29, 1.82) is 0 Å². The number of aryl methyl sites for hydroxylation is 1. The van der Waals surface area contributed by atoms with E-state index in [4.69, 9.17) is 4.98 Å². The number of nitrogens with zero attached hydrogens (tertiary/aromatic N) is 3. The van der Waals surface area contributed by atoms with E-state index in [0.29, 0.717) is 37.2 Å². The van der Waals surface area contributed by atoms with Gasteiger partial charge < -0.3 is 4.90 Å². The fourth-order valence-electron chi connectivity index (χ4n) is 5.50.